The van der Waals surface area contributed by atoms with Crippen molar-refractivity contribution >= 4 is 5.97 Å². The van der Waals surface area contributed by atoms with Crippen LogP contribution >= 0.6 is 0 Å². The second-order valence-electron chi connectivity index (χ2n) is 10.0. The lowest BCUT2D eigenvalue weighted by atomic mass is 9.86. The normalized spacial score (nSPS) is 12.8. The quantitative estimate of drug-likeness (QED) is 0.101. The molecule has 0 aromatic heterocycles. The Morgan fingerprint density at radius 2 is 0.848 bits per heavy atom. The highest BCUT2D eigenvalue weighted by Crippen LogP contribution is 2.33. The van der Waals surface area contributed by atoms with Crippen molar-refractivity contribution in [1.82, 2.24) is 0 Å². The molecule has 0 fully saturated rings. The molecule has 0 spiro atoms. The van der Waals surface area contributed by atoms with Crippen molar-refractivity contribution in [1.29, 1.82) is 0 Å². The molecule has 0 aliphatic carbocycles. The summed E-state index contributed by atoms with van der Waals surface area (Å²) in [5.74, 6) is -2.58. The summed E-state index contributed by atoms with van der Waals surface area (Å²) in [6.45, 7) is 4.51. The Balaban J connectivity index is 4.13. The molecule has 1 atom stereocenters. The van der Waals surface area contributed by atoms with E-state index in [2.05, 4.69) is 13.8 Å². The second-order valence-corrected chi connectivity index (χ2v) is 10.0. The number of aliphatic carboxylic acids is 1. The number of methoxy groups -OCH3 is 2. The fraction of sp³-hybridized carbons (Fsp3) is 0.966. The third-order valence-electron chi connectivity index (χ3n) is 7.25. The fourth-order valence-electron chi connectivity index (χ4n) is 5.05. The molecule has 0 aromatic rings. The largest absolute Gasteiger partial charge is 0.477 e. The Morgan fingerprint density at radius 1 is 0.576 bits per heavy atom. The van der Waals surface area contributed by atoms with E-state index in [1.54, 1.807) is 0 Å². The van der Waals surface area contributed by atoms with Gasteiger partial charge in [0.15, 0.2) is 0 Å². The van der Waals surface area contributed by atoms with E-state index in [0.29, 0.717) is 0 Å². The molecule has 0 amide bonds. The van der Waals surface area contributed by atoms with Crippen LogP contribution < -0.4 is 0 Å². The fourth-order valence-corrected chi connectivity index (χ4v) is 5.05. The van der Waals surface area contributed by atoms with Gasteiger partial charge in [0.1, 0.15) is 0 Å². The highest BCUT2D eigenvalue weighted by Gasteiger charge is 2.46. The third-order valence-corrected chi connectivity index (χ3v) is 7.25. The monoisotopic (exact) mass is 470 g/mol. The van der Waals surface area contributed by atoms with Crippen molar-refractivity contribution in [2.24, 2.45) is 5.92 Å². The number of carbonyl (C=O) groups is 1. The second kappa shape index (κ2) is 23.1. The Kier molecular flexibility index (Phi) is 22.7. The average Bonchev–Trinajstić information content (AvgIpc) is 2.81. The molecule has 1 N–H and O–H groups in total. The van der Waals surface area contributed by atoms with E-state index < -0.39 is 11.8 Å². The first-order chi connectivity index (χ1) is 16.1. The van der Waals surface area contributed by atoms with Crippen molar-refractivity contribution in [2.45, 2.75) is 161 Å². The molecule has 33 heavy (non-hydrogen) atoms. The smallest absolute Gasteiger partial charge is 0.364 e. The zero-order valence-corrected chi connectivity index (χ0v) is 22.8. The van der Waals surface area contributed by atoms with Crippen molar-refractivity contribution in [3.05, 3.63) is 0 Å². The number of carboxylic acid groups (broad SMARTS) is 1. The Bertz CT molecular complexity index is 420. The van der Waals surface area contributed by atoms with Gasteiger partial charge in [-0.1, -0.05) is 142 Å². The van der Waals surface area contributed by atoms with Crippen LogP contribution in [0.15, 0.2) is 0 Å². The number of hydrogen-bond donors (Lipinski definition) is 1. The molecule has 0 radical (unpaired) electrons. The van der Waals surface area contributed by atoms with Crippen LogP contribution in [0.25, 0.3) is 0 Å². The van der Waals surface area contributed by atoms with Gasteiger partial charge in [0.05, 0.1) is 0 Å². The lowest BCUT2D eigenvalue weighted by Gasteiger charge is -2.34. The predicted octanol–water partition coefficient (Wildman–Crippen LogP) is 9.30. The first-order valence-electron chi connectivity index (χ1n) is 14.4. The zero-order valence-electron chi connectivity index (χ0n) is 22.8. The summed E-state index contributed by atoms with van der Waals surface area (Å²) in [4.78, 5) is 12.0. The van der Waals surface area contributed by atoms with Gasteiger partial charge in [-0.25, -0.2) is 4.79 Å². The maximum Gasteiger partial charge on any atom is 0.364 e. The van der Waals surface area contributed by atoms with Gasteiger partial charge in [0.25, 0.3) is 5.79 Å². The molecule has 0 saturated heterocycles. The van der Waals surface area contributed by atoms with Gasteiger partial charge < -0.3 is 14.6 Å². The van der Waals surface area contributed by atoms with Crippen LogP contribution in [0.4, 0.5) is 0 Å². The molecule has 0 heterocycles. The lowest BCUT2D eigenvalue weighted by molar-refractivity contribution is -0.248. The highest BCUT2D eigenvalue weighted by molar-refractivity contribution is 5.76. The summed E-state index contributed by atoms with van der Waals surface area (Å²) in [6, 6.07) is 0. The third kappa shape index (κ3) is 15.8. The van der Waals surface area contributed by atoms with E-state index in [0.717, 1.165) is 25.7 Å². The van der Waals surface area contributed by atoms with E-state index in [1.165, 1.54) is 130 Å². The standard InChI is InChI=1S/C29H58O4/c1-5-7-9-11-13-14-15-16-17-18-20-22-24-26-27(29(32-3,33-4)28(30)31)25-23-21-19-12-10-8-6-2/h27H,5-26H2,1-4H3,(H,30,31). The summed E-state index contributed by atoms with van der Waals surface area (Å²) in [5.41, 5.74) is 0. The predicted molar refractivity (Wildman–Crippen MR) is 141 cm³/mol. The van der Waals surface area contributed by atoms with Gasteiger partial charge >= 0.3 is 5.97 Å². The lowest BCUT2D eigenvalue weighted by Crippen LogP contribution is -2.49. The number of hydrogen-bond acceptors (Lipinski definition) is 3. The molecule has 4 nitrogen and oxygen atoms in total. The van der Waals surface area contributed by atoms with Crippen LogP contribution in [-0.2, 0) is 14.3 Å². The Labute approximate surface area is 206 Å². The van der Waals surface area contributed by atoms with E-state index >= 15 is 0 Å². The number of rotatable bonds is 26. The topological polar surface area (TPSA) is 55.8 Å². The maximum absolute atomic E-state index is 12.0. The first-order valence-corrected chi connectivity index (χ1v) is 14.4. The number of ether oxygens (including phenoxy) is 2. The molecule has 0 rings (SSSR count). The van der Waals surface area contributed by atoms with Crippen LogP contribution in [0.2, 0.25) is 0 Å². The summed E-state index contributed by atoms with van der Waals surface area (Å²) in [7, 11) is 2.94. The minimum atomic E-state index is -1.50. The minimum absolute atomic E-state index is 0.0895. The average molecular weight is 471 g/mol. The van der Waals surface area contributed by atoms with E-state index in [1.807, 2.05) is 0 Å². The van der Waals surface area contributed by atoms with Gasteiger partial charge in [-0.3, -0.25) is 0 Å². The van der Waals surface area contributed by atoms with Gasteiger partial charge in [-0.15, -0.1) is 0 Å². The molecule has 0 saturated carbocycles. The van der Waals surface area contributed by atoms with Crippen LogP contribution in [-0.4, -0.2) is 31.1 Å². The summed E-state index contributed by atoms with van der Waals surface area (Å²) in [6.07, 6.45) is 27.6. The molecule has 0 aliphatic heterocycles. The van der Waals surface area contributed by atoms with E-state index in [4.69, 9.17) is 9.47 Å². The van der Waals surface area contributed by atoms with Crippen molar-refractivity contribution in [3.63, 3.8) is 0 Å². The van der Waals surface area contributed by atoms with E-state index in [-0.39, 0.29) is 5.92 Å². The van der Waals surface area contributed by atoms with Crippen LogP contribution in [0.1, 0.15) is 155 Å². The van der Waals surface area contributed by atoms with Crippen LogP contribution in [0, 0.1) is 5.92 Å². The highest BCUT2D eigenvalue weighted by atomic mass is 16.7. The number of carboxylic acids is 1. The van der Waals surface area contributed by atoms with Gasteiger partial charge in [0, 0.05) is 20.1 Å². The summed E-state index contributed by atoms with van der Waals surface area (Å²) < 4.78 is 10.9. The van der Waals surface area contributed by atoms with Gasteiger partial charge in [0.2, 0.25) is 0 Å². The molecule has 0 aliphatic rings. The molecular formula is C29H58O4. The van der Waals surface area contributed by atoms with E-state index in [9.17, 15) is 9.90 Å². The number of unbranched alkanes of at least 4 members (excludes halogenated alkanes) is 18. The molecule has 198 valence electrons. The van der Waals surface area contributed by atoms with Crippen molar-refractivity contribution < 1.29 is 19.4 Å². The maximum atomic E-state index is 12.0. The molecule has 0 bridgehead atoms. The first kappa shape index (κ1) is 32.4. The van der Waals surface area contributed by atoms with Crippen LogP contribution in [0.5, 0.6) is 0 Å². The van der Waals surface area contributed by atoms with Gasteiger partial charge in [-0.2, -0.15) is 0 Å². The summed E-state index contributed by atoms with van der Waals surface area (Å²) in [5, 5.41) is 9.85. The molecule has 1 unspecified atom stereocenters. The van der Waals surface area contributed by atoms with Crippen LogP contribution in [0.3, 0.4) is 0 Å². The van der Waals surface area contributed by atoms with Crippen molar-refractivity contribution in [2.75, 3.05) is 14.2 Å². The molecular weight excluding hydrogens is 412 g/mol. The summed E-state index contributed by atoms with van der Waals surface area (Å²) >= 11 is 0. The SMILES string of the molecule is CCCCCCCCCCCCCCCC(CCCCCCCCC)C(OC)(OC)C(=O)O. The minimum Gasteiger partial charge on any atom is -0.477 e. The molecule has 0 aromatic carbocycles. The zero-order chi connectivity index (χ0) is 24.6. The van der Waals surface area contributed by atoms with Crippen molar-refractivity contribution in [3.8, 4) is 0 Å². The molecule has 4 heteroatoms. The Morgan fingerprint density at radius 3 is 1.09 bits per heavy atom. The Hall–Kier alpha value is -0.610. The van der Waals surface area contributed by atoms with Gasteiger partial charge in [-0.05, 0) is 12.8 Å².